The number of carbonyl (C=O) groups excluding carboxylic acids is 1. The quantitative estimate of drug-likeness (QED) is 0.617. The normalized spacial score (nSPS) is 19.0. The zero-order valence-electron chi connectivity index (χ0n) is 13.0. The zero-order chi connectivity index (χ0) is 15.9. The van der Waals surface area contributed by atoms with Crippen LogP contribution in [-0.2, 0) is 4.79 Å². The SMILES string of the molecule is CCSc1ccc(C(=O)CCN2CCCC(C(=O)O)C2)cc1. The largest absolute Gasteiger partial charge is 0.481 e. The van der Waals surface area contributed by atoms with Gasteiger partial charge in [-0.15, -0.1) is 11.8 Å². The Hall–Kier alpha value is -1.33. The van der Waals surface area contributed by atoms with Crippen molar-refractivity contribution in [1.29, 1.82) is 0 Å². The van der Waals surface area contributed by atoms with Crippen molar-refractivity contribution in [3.63, 3.8) is 0 Å². The molecule has 1 unspecified atom stereocenters. The summed E-state index contributed by atoms with van der Waals surface area (Å²) < 4.78 is 0. The van der Waals surface area contributed by atoms with Gasteiger partial charge in [-0.3, -0.25) is 9.59 Å². The lowest BCUT2D eigenvalue weighted by Crippen LogP contribution is -2.39. The predicted octanol–water partition coefficient (Wildman–Crippen LogP) is 3.17. The summed E-state index contributed by atoms with van der Waals surface area (Å²) in [5, 5.41) is 9.09. The highest BCUT2D eigenvalue weighted by Crippen LogP contribution is 2.19. The second kappa shape index (κ2) is 8.34. The minimum absolute atomic E-state index is 0.130. The molecule has 1 fully saturated rings. The van der Waals surface area contributed by atoms with Gasteiger partial charge in [0.25, 0.3) is 0 Å². The molecule has 4 nitrogen and oxygen atoms in total. The number of hydrogen-bond acceptors (Lipinski definition) is 4. The van der Waals surface area contributed by atoms with Gasteiger partial charge in [-0.1, -0.05) is 19.1 Å². The van der Waals surface area contributed by atoms with Crippen molar-refractivity contribution < 1.29 is 14.7 Å². The first-order chi connectivity index (χ1) is 10.6. The Morgan fingerprint density at radius 1 is 1.32 bits per heavy atom. The second-order valence-corrected chi connectivity index (χ2v) is 6.95. The molecule has 0 saturated carbocycles. The fraction of sp³-hybridized carbons (Fsp3) is 0.529. The van der Waals surface area contributed by atoms with Crippen LogP contribution in [0.2, 0.25) is 0 Å². The Balaban J connectivity index is 1.83. The van der Waals surface area contributed by atoms with Crippen LogP contribution in [0.1, 0.15) is 36.5 Å². The van der Waals surface area contributed by atoms with Gasteiger partial charge in [0.2, 0.25) is 0 Å². The van der Waals surface area contributed by atoms with Crippen molar-refractivity contribution in [2.45, 2.75) is 31.1 Å². The van der Waals surface area contributed by atoms with Crippen LogP contribution in [0.4, 0.5) is 0 Å². The molecule has 0 amide bonds. The number of carbonyl (C=O) groups is 2. The van der Waals surface area contributed by atoms with Crippen molar-refractivity contribution >= 4 is 23.5 Å². The lowest BCUT2D eigenvalue weighted by atomic mass is 9.98. The highest BCUT2D eigenvalue weighted by Gasteiger charge is 2.25. The maximum absolute atomic E-state index is 12.2. The van der Waals surface area contributed by atoms with E-state index in [2.05, 4.69) is 11.8 Å². The number of hydrogen-bond donors (Lipinski definition) is 1. The van der Waals surface area contributed by atoms with E-state index in [1.165, 1.54) is 4.90 Å². The topological polar surface area (TPSA) is 57.6 Å². The highest BCUT2D eigenvalue weighted by atomic mass is 32.2. The van der Waals surface area contributed by atoms with Crippen LogP contribution in [0.3, 0.4) is 0 Å². The van der Waals surface area contributed by atoms with E-state index in [0.29, 0.717) is 19.5 Å². The van der Waals surface area contributed by atoms with Crippen LogP contribution in [0, 0.1) is 5.92 Å². The molecule has 1 aliphatic heterocycles. The van der Waals surface area contributed by atoms with Gasteiger partial charge in [0.05, 0.1) is 5.92 Å². The summed E-state index contributed by atoms with van der Waals surface area (Å²) in [7, 11) is 0. The number of thioether (sulfide) groups is 1. The van der Waals surface area contributed by atoms with Gasteiger partial charge in [0.1, 0.15) is 0 Å². The number of rotatable bonds is 7. The van der Waals surface area contributed by atoms with Crippen molar-refractivity contribution in [3.05, 3.63) is 29.8 Å². The van der Waals surface area contributed by atoms with E-state index < -0.39 is 5.97 Å². The Kier molecular flexibility index (Phi) is 6.46. The minimum Gasteiger partial charge on any atom is -0.481 e. The Labute approximate surface area is 135 Å². The van der Waals surface area contributed by atoms with Gasteiger partial charge in [0, 0.05) is 30.0 Å². The molecule has 2 rings (SSSR count). The molecule has 1 N–H and O–H groups in total. The first-order valence-corrected chi connectivity index (χ1v) is 8.80. The van der Waals surface area contributed by atoms with Crippen molar-refractivity contribution in [2.75, 3.05) is 25.4 Å². The molecule has 1 heterocycles. The van der Waals surface area contributed by atoms with E-state index in [-0.39, 0.29) is 11.7 Å². The molecule has 0 aliphatic carbocycles. The summed E-state index contributed by atoms with van der Waals surface area (Å²) >= 11 is 1.76. The summed E-state index contributed by atoms with van der Waals surface area (Å²) in [6.07, 6.45) is 2.09. The van der Waals surface area contributed by atoms with E-state index in [9.17, 15) is 9.59 Å². The van der Waals surface area contributed by atoms with E-state index >= 15 is 0 Å². The van der Waals surface area contributed by atoms with Crippen LogP contribution >= 0.6 is 11.8 Å². The van der Waals surface area contributed by atoms with Gasteiger partial charge in [-0.2, -0.15) is 0 Å². The lowest BCUT2D eigenvalue weighted by Gasteiger charge is -2.30. The lowest BCUT2D eigenvalue weighted by molar-refractivity contribution is -0.143. The molecular formula is C17H23NO3S. The predicted molar refractivity (Wildman–Crippen MR) is 88.6 cm³/mol. The molecule has 5 heteroatoms. The van der Waals surface area contributed by atoms with Crippen molar-refractivity contribution in [3.8, 4) is 0 Å². The summed E-state index contributed by atoms with van der Waals surface area (Å²) in [6.45, 7) is 4.21. The van der Waals surface area contributed by atoms with Gasteiger partial charge in [0.15, 0.2) is 5.78 Å². The maximum atomic E-state index is 12.2. The van der Waals surface area contributed by atoms with Crippen LogP contribution in [0.25, 0.3) is 0 Å². The summed E-state index contributed by atoms with van der Waals surface area (Å²) in [4.78, 5) is 26.5. The van der Waals surface area contributed by atoms with E-state index in [0.717, 1.165) is 30.7 Å². The highest BCUT2D eigenvalue weighted by molar-refractivity contribution is 7.99. The number of Topliss-reactive ketones (excluding diaryl/α,β-unsaturated/α-hetero) is 1. The number of carboxylic acids is 1. The third-order valence-corrected chi connectivity index (χ3v) is 4.89. The zero-order valence-corrected chi connectivity index (χ0v) is 13.8. The third-order valence-electron chi connectivity index (χ3n) is 4.00. The molecular weight excluding hydrogens is 298 g/mol. The van der Waals surface area contributed by atoms with Gasteiger partial charge >= 0.3 is 5.97 Å². The summed E-state index contributed by atoms with van der Waals surface area (Å²) in [6, 6.07) is 7.75. The number of nitrogens with zero attached hydrogens (tertiary/aromatic N) is 1. The maximum Gasteiger partial charge on any atom is 0.307 e. The van der Waals surface area contributed by atoms with Gasteiger partial charge < -0.3 is 10.0 Å². The van der Waals surface area contributed by atoms with Crippen LogP contribution in [0.15, 0.2) is 29.2 Å². The smallest absolute Gasteiger partial charge is 0.307 e. The molecule has 1 aliphatic rings. The third kappa shape index (κ3) is 4.85. The van der Waals surface area contributed by atoms with E-state index in [4.69, 9.17) is 5.11 Å². The molecule has 120 valence electrons. The number of ketones is 1. The number of carboxylic acid groups (broad SMARTS) is 1. The summed E-state index contributed by atoms with van der Waals surface area (Å²) in [5.74, 6) is 0.146. The number of aliphatic carboxylic acids is 1. The van der Waals surface area contributed by atoms with Gasteiger partial charge in [-0.25, -0.2) is 0 Å². The monoisotopic (exact) mass is 321 g/mol. The molecule has 0 bridgehead atoms. The fourth-order valence-electron chi connectivity index (χ4n) is 2.77. The van der Waals surface area contributed by atoms with E-state index in [1.807, 2.05) is 24.3 Å². The van der Waals surface area contributed by atoms with E-state index in [1.54, 1.807) is 11.8 Å². The Morgan fingerprint density at radius 2 is 2.05 bits per heavy atom. The number of likely N-dealkylation sites (tertiary alicyclic amines) is 1. The molecule has 0 aromatic heterocycles. The molecule has 1 atom stereocenters. The minimum atomic E-state index is -0.722. The Morgan fingerprint density at radius 3 is 2.68 bits per heavy atom. The van der Waals surface area contributed by atoms with Crippen LogP contribution in [0.5, 0.6) is 0 Å². The summed E-state index contributed by atoms with van der Waals surface area (Å²) in [5.41, 5.74) is 0.743. The number of benzene rings is 1. The van der Waals surface area contributed by atoms with Crippen LogP contribution in [-0.4, -0.2) is 47.1 Å². The molecule has 22 heavy (non-hydrogen) atoms. The average Bonchev–Trinajstić information content (AvgIpc) is 2.54. The molecule has 1 saturated heterocycles. The molecule has 1 aromatic carbocycles. The standard InChI is InChI=1S/C17H23NO3S/c1-2-22-15-7-5-13(6-8-15)16(19)9-11-18-10-3-4-14(12-18)17(20)21/h5-8,14H,2-4,9-12H2,1H3,(H,20,21). The first kappa shape index (κ1) is 17.0. The number of piperidine rings is 1. The molecule has 0 radical (unpaired) electrons. The fourth-order valence-corrected chi connectivity index (χ4v) is 3.43. The van der Waals surface area contributed by atoms with Gasteiger partial charge in [-0.05, 0) is 37.3 Å². The van der Waals surface area contributed by atoms with Crippen LogP contribution < -0.4 is 0 Å². The Bertz CT molecular complexity index is 515. The average molecular weight is 321 g/mol. The first-order valence-electron chi connectivity index (χ1n) is 7.81. The second-order valence-electron chi connectivity index (χ2n) is 5.61. The van der Waals surface area contributed by atoms with Crippen molar-refractivity contribution in [1.82, 2.24) is 4.90 Å². The van der Waals surface area contributed by atoms with Crippen molar-refractivity contribution in [2.24, 2.45) is 5.92 Å². The molecule has 1 aromatic rings. The molecule has 0 spiro atoms.